The Morgan fingerprint density at radius 3 is 3.33 bits per heavy atom. The van der Waals surface area contributed by atoms with Gasteiger partial charge in [0.2, 0.25) is 0 Å². The first-order chi connectivity index (χ1) is 5.90. The summed E-state index contributed by atoms with van der Waals surface area (Å²) in [5, 5.41) is 3.09. The molecular formula is C9H12N2O. The van der Waals surface area contributed by atoms with Gasteiger partial charge in [-0.05, 0) is 18.7 Å². The van der Waals surface area contributed by atoms with E-state index < -0.39 is 0 Å². The van der Waals surface area contributed by atoms with Crippen LogP contribution in [0.25, 0.3) is 0 Å². The molecule has 3 heteroatoms. The third-order valence-electron chi connectivity index (χ3n) is 1.99. The van der Waals surface area contributed by atoms with E-state index in [0.717, 1.165) is 18.8 Å². The van der Waals surface area contributed by atoms with E-state index in [1.807, 2.05) is 13.2 Å². The molecule has 0 saturated heterocycles. The highest BCUT2D eigenvalue weighted by Gasteiger charge is 2.11. The van der Waals surface area contributed by atoms with Crippen LogP contribution >= 0.6 is 0 Å². The quantitative estimate of drug-likeness (QED) is 0.703. The van der Waals surface area contributed by atoms with Crippen LogP contribution in [0.3, 0.4) is 0 Å². The minimum Gasteiger partial charge on any atom is -0.370 e. The topological polar surface area (TPSA) is 34.2 Å². The summed E-state index contributed by atoms with van der Waals surface area (Å²) in [6, 6.07) is 2.16. The molecule has 0 aromatic carbocycles. The fourth-order valence-electron chi connectivity index (χ4n) is 1.40. The lowest BCUT2D eigenvalue weighted by molar-refractivity contribution is 0.133. The van der Waals surface area contributed by atoms with Gasteiger partial charge < -0.3 is 10.1 Å². The van der Waals surface area contributed by atoms with E-state index in [0.29, 0.717) is 6.61 Å². The summed E-state index contributed by atoms with van der Waals surface area (Å²) in [7, 11) is 1.93. The van der Waals surface area contributed by atoms with Crippen LogP contribution in [0.1, 0.15) is 16.8 Å². The molecule has 0 radical (unpaired) electrons. The van der Waals surface area contributed by atoms with Gasteiger partial charge in [-0.2, -0.15) is 0 Å². The van der Waals surface area contributed by atoms with E-state index in [-0.39, 0.29) is 0 Å². The largest absolute Gasteiger partial charge is 0.370 e. The summed E-state index contributed by atoms with van der Waals surface area (Å²) in [6.45, 7) is 2.27. The molecule has 0 amide bonds. The molecule has 0 unspecified atom stereocenters. The van der Waals surface area contributed by atoms with Gasteiger partial charge in [0.05, 0.1) is 18.9 Å². The molecule has 64 valence electrons. The van der Waals surface area contributed by atoms with Crippen molar-refractivity contribution in [2.45, 2.75) is 19.8 Å². The summed E-state index contributed by atoms with van der Waals surface area (Å²) in [6.07, 6.45) is 1.91. The number of fused-ring (bicyclic) bond motifs is 1. The normalized spacial score (nSPS) is 14.8. The van der Waals surface area contributed by atoms with Crippen LogP contribution in [0, 0.1) is 0 Å². The van der Waals surface area contributed by atoms with Crippen molar-refractivity contribution in [3.8, 4) is 0 Å². The molecule has 2 rings (SSSR count). The van der Waals surface area contributed by atoms with Crippen molar-refractivity contribution in [1.82, 2.24) is 10.3 Å². The fraction of sp³-hybridized carbons (Fsp3) is 0.444. The standard InChI is InChI=1S/C9H12N2O/c1-10-3-7-2-8-5-12-6-9(8)11-4-7/h2,4,10H,3,5-6H2,1H3. The summed E-state index contributed by atoms with van der Waals surface area (Å²) < 4.78 is 5.27. The zero-order valence-electron chi connectivity index (χ0n) is 7.13. The van der Waals surface area contributed by atoms with Gasteiger partial charge in [-0.25, -0.2) is 0 Å². The number of aromatic nitrogens is 1. The molecule has 0 atom stereocenters. The van der Waals surface area contributed by atoms with Gasteiger partial charge in [-0.1, -0.05) is 0 Å². The second kappa shape index (κ2) is 3.21. The van der Waals surface area contributed by atoms with Gasteiger partial charge in [-0.3, -0.25) is 4.98 Å². The molecule has 3 nitrogen and oxygen atoms in total. The van der Waals surface area contributed by atoms with Crippen LogP contribution in [0.2, 0.25) is 0 Å². The molecule has 0 saturated carbocycles. The second-order valence-corrected chi connectivity index (χ2v) is 2.97. The third-order valence-corrected chi connectivity index (χ3v) is 1.99. The third kappa shape index (κ3) is 1.33. The monoisotopic (exact) mass is 164 g/mol. The highest BCUT2D eigenvalue weighted by Crippen LogP contribution is 2.17. The summed E-state index contributed by atoms with van der Waals surface area (Å²) in [5.74, 6) is 0. The highest BCUT2D eigenvalue weighted by molar-refractivity contribution is 5.26. The molecule has 1 aromatic rings. The predicted octanol–water partition coefficient (Wildman–Crippen LogP) is 0.831. The lowest BCUT2D eigenvalue weighted by atomic mass is 10.1. The fourth-order valence-corrected chi connectivity index (χ4v) is 1.40. The Kier molecular flexibility index (Phi) is 2.06. The van der Waals surface area contributed by atoms with E-state index >= 15 is 0 Å². The summed E-state index contributed by atoms with van der Waals surface area (Å²) in [4.78, 5) is 4.31. The van der Waals surface area contributed by atoms with E-state index in [1.54, 1.807) is 0 Å². The molecule has 0 bridgehead atoms. The molecule has 0 aliphatic carbocycles. The molecule has 12 heavy (non-hydrogen) atoms. The van der Waals surface area contributed by atoms with Gasteiger partial charge in [-0.15, -0.1) is 0 Å². The number of nitrogens with one attached hydrogen (secondary N) is 1. The van der Waals surface area contributed by atoms with Crippen molar-refractivity contribution in [2.24, 2.45) is 0 Å². The highest BCUT2D eigenvalue weighted by atomic mass is 16.5. The molecule has 0 spiro atoms. The zero-order valence-corrected chi connectivity index (χ0v) is 7.13. The zero-order chi connectivity index (χ0) is 8.39. The molecular weight excluding hydrogens is 152 g/mol. The van der Waals surface area contributed by atoms with Crippen LogP contribution in [-0.4, -0.2) is 12.0 Å². The lowest BCUT2D eigenvalue weighted by Gasteiger charge is -2.01. The van der Waals surface area contributed by atoms with Crippen molar-refractivity contribution < 1.29 is 4.74 Å². The van der Waals surface area contributed by atoms with Crippen molar-refractivity contribution in [3.63, 3.8) is 0 Å². The maximum Gasteiger partial charge on any atom is 0.0896 e. The van der Waals surface area contributed by atoms with Crippen LogP contribution in [-0.2, 0) is 24.5 Å². The Morgan fingerprint density at radius 2 is 2.50 bits per heavy atom. The molecule has 1 aliphatic heterocycles. The van der Waals surface area contributed by atoms with Gasteiger partial charge in [0, 0.05) is 18.3 Å². The second-order valence-electron chi connectivity index (χ2n) is 2.97. The average Bonchev–Trinajstić information content (AvgIpc) is 2.51. The Hall–Kier alpha value is -0.930. The first-order valence-electron chi connectivity index (χ1n) is 4.09. The van der Waals surface area contributed by atoms with Gasteiger partial charge in [0.25, 0.3) is 0 Å². The maximum atomic E-state index is 5.27. The smallest absolute Gasteiger partial charge is 0.0896 e. The predicted molar refractivity (Wildman–Crippen MR) is 45.5 cm³/mol. The van der Waals surface area contributed by atoms with Gasteiger partial charge in [0.15, 0.2) is 0 Å². The van der Waals surface area contributed by atoms with Gasteiger partial charge >= 0.3 is 0 Å². The van der Waals surface area contributed by atoms with Crippen LogP contribution < -0.4 is 5.32 Å². The molecule has 1 N–H and O–H groups in total. The average molecular weight is 164 g/mol. The Morgan fingerprint density at radius 1 is 1.58 bits per heavy atom. The number of rotatable bonds is 2. The van der Waals surface area contributed by atoms with Crippen molar-refractivity contribution in [2.75, 3.05) is 7.05 Å². The number of hydrogen-bond donors (Lipinski definition) is 1. The molecule has 1 aromatic heterocycles. The molecule has 2 heterocycles. The Labute approximate surface area is 71.8 Å². The van der Waals surface area contributed by atoms with Crippen LogP contribution in [0.15, 0.2) is 12.3 Å². The maximum absolute atomic E-state index is 5.27. The van der Waals surface area contributed by atoms with Crippen molar-refractivity contribution >= 4 is 0 Å². The lowest BCUT2D eigenvalue weighted by Crippen LogP contribution is -2.06. The molecule has 1 aliphatic rings. The number of nitrogens with zero attached hydrogens (tertiary/aromatic N) is 1. The summed E-state index contributed by atoms with van der Waals surface area (Å²) in [5.41, 5.74) is 3.55. The minimum absolute atomic E-state index is 0.676. The Balaban J connectivity index is 2.26. The number of hydrogen-bond acceptors (Lipinski definition) is 3. The SMILES string of the molecule is CNCc1cnc2c(c1)COC2. The number of ether oxygens (including phenoxy) is 1. The summed E-state index contributed by atoms with van der Waals surface area (Å²) >= 11 is 0. The first kappa shape index (κ1) is 7.71. The molecule has 0 fully saturated rings. The van der Waals surface area contributed by atoms with Crippen LogP contribution in [0.5, 0.6) is 0 Å². The van der Waals surface area contributed by atoms with Crippen molar-refractivity contribution in [1.29, 1.82) is 0 Å². The van der Waals surface area contributed by atoms with E-state index in [2.05, 4.69) is 16.4 Å². The minimum atomic E-state index is 0.676. The van der Waals surface area contributed by atoms with E-state index in [9.17, 15) is 0 Å². The van der Waals surface area contributed by atoms with E-state index in [1.165, 1.54) is 11.1 Å². The van der Waals surface area contributed by atoms with Crippen molar-refractivity contribution in [3.05, 3.63) is 29.1 Å². The van der Waals surface area contributed by atoms with E-state index in [4.69, 9.17) is 4.74 Å². The number of pyridine rings is 1. The Bertz CT molecular complexity index is 286. The van der Waals surface area contributed by atoms with Gasteiger partial charge in [0.1, 0.15) is 0 Å². The first-order valence-corrected chi connectivity index (χ1v) is 4.09. The van der Waals surface area contributed by atoms with Crippen LogP contribution in [0.4, 0.5) is 0 Å².